The molecule has 0 aromatic heterocycles. The van der Waals surface area contributed by atoms with Crippen molar-refractivity contribution in [2.24, 2.45) is 11.8 Å². The standard InChI is InChI=1S/C23H27NO/c1-3-7-20-18(5-1)22-13-17(15-24-14-16-9-11-25-12-10-16)23(20)21-8-4-2-6-19(21)22/h1-8,16-17,22-24H,9-15H2. The summed E-state index contributed by atoms with van der Waals surface area (Å²) in [5.74, 6) is 2.68. The third-order valence-electron chi connectivity index (χ3n) is 6.60. The van der Waals surface area contributed by atoms with Crippen molar-refractivity contribution in [1.82, 2.24) is 5.32 Å². The Morgan fingerprint density at radius 2 is 1.40 bits per heavy atom. The van der Waals surface area contributed by atoms with Crippen molar-refractivity contribution in [1.29, 1.82) is 0 Å². The Labute approximate surface area is 150 Å². The van der Waals surface area contributed by atoms with E-state index in [4.69, 9.17) is 4.74 Å². The molecule has 1 fully saturated rings. The summed E-state index contributed by atoms with van der Waals surface area (Å²) < 4.78 is 5.49. The molecular formula is C23H27NO. The monoisotopic (exact) mass is 333 g/mol. The Bertz CT molecular complexity index is 702. The van der Waals surface area contributed by atoms with Crippen molar-refractivity contribution in [3.63, 3.8) is 0 Å². The first-order chi connectivity index (χ1) is 12.4. The van der Waals surface area contributed by atoms with E-state index >= 15 is 0 Å². The second kappa shape index (κ2) is 6.59. The van der Waals surface area contributed by atoms with Crippen molar-refractivity contribution < 1.29 is 4.74 Å². The van der Waals surface area contributed by atoms with Crippen LogP contribution in [0.5, 0.6) is 0 Å². The Morgan fingerprint density at radius 1 is 0.800 bits per heavy atom. The molecule has 1 aliphatic heterocycles. The van der Waals surface area contributed by atoms with Crippen LogP contribution < -0.4 is 5.32 Å². The number of benzene rings is 2. The van der Waals surface area contributed by atoms with Crippen LogP contribution in [0.1, 0.15) is 53.4 Å². The van der Waals surface area contributed by atoms with Crippen LogP contribution in [0.25, 0.3) is 0 Å². The third-order valence-corrected chi connectivity index (χ3v) is 6.60. The van der Waals surface area contributed by atoms with Crippen molar-refractivity contribution in [2.45, 2.75) is 31.1 Å². The average Bonchev–Trinajstić information content (AvgIpc) is 2.69. The molecule has 1 unspecified atom stereocenters. The molecule has 2 bridgehead atoms. The van der Waals surface area contributed by atoms with Crippen LogP contribution in [0.15, 0.2) is 48.5 Å². The van der Waals surface area contributed by atoms with E-state index in [9.17, 15) is 0 Å². The molecule has 0 spiro atoms. The minimum Gasteiger partial charge on any atom is -0.381 e. The largest absolute Gasteiger partial charge is 0.381 e. The van der Waals surface area contributed by atoms with Gasteiger partial charge in [-0.05, 0) is 66.4 Å². The summed E-state index contributed by atoms with van der Waals surface area (Å²) in [6, 6.07) is 18.3. The first kappa shape index (κ1) is 15.6. The maximum Gasteiger partial charge on any atom is 0.0469 e. The maximum absolute atomic E-state index is 5.49. The highest BCUT2D eigenvalue weighted by molar-refractivity contribution is 5.55. The van der Waals surface area contributed by atoms with Gasteiger partial charge in [-0.1, -0.05) is 48.5 Å². The van der Waals surface area contributed by atoms with Gasteiger partial charge < -0.3 is 10.1 Å². The zero-order valence-electron chi connectivity index (χ0n) is 14.8. The average molecular weight is 333 g/mol. The van der Waals surface area contributed by atoms with Crippen molar-refractivity contribution in [3.8, 4) is 0 Å². The fourth-order valence-corrected chi connectivity index (χ4v) is 5.38. The third kappa shape index (κ3) is 2.72. The first-order valence-corrected chi connectivity index (χ1v) is 9.88. The van der Waals surface area contributed by atoms with E-state index in [0.717, 1.165) is 38.1 Å². The number of nitrogens with one attached hydrogen (secondary N) is 1. The van der Waals surface area contributed by atoms with Gasteiger partial charge in [0, 0.05) is 25.0 Å². The molecule has 130 valence electrons. The molecule has 0 radical (unpaired) electrons. The summed E-state index contributed by atoms with van der Waals surface area (Å²) in [7, 11) is 0. The van der Waals surface area contributed by atoms with E-state index in [2.05, 4.69) is 53.8 Å². The van der Waals surface area contributed by atoms with Gasteiger partial charge >= 0.3 is 0 Å². The number of hydrogen-bond acceptors (Lipinski definition) is 2. The van der Waals surface area contributed by atoms with E-state index < -0.39 is 0 Å². The van der Waals surface area contributed by atoms with Gasteiger partial charge in [-0.3, -0.25) is 0 Å². The van der Waals surface area contributed by atoms with Gasteiger partial charge in [0.2, 0.25) is 0 Å². The number of ether oxygens (including phenoxy) is 1. The highest BCUT2D eigenvalue weighted by atomic mass is 16.5. The second-order valence-electron chi connectivity index (χ2n) is 8.00. The molecule has 25 heavy (non-hydrogen) atoms. The van der Waals surface area contributed by atoms with E-state index in [-0.39, 0.29) is 0 Å². The Balaban J connectivity index is 1.36. The Kier molecular flexibility index (Phi) is 4.11. The van der Waals surface area contributed by atoms with Crippen LogP contribution in [-0.2, 0) is 4.74 Å². The summed E-state index contributed by atoms with van der Waals surface area (Å²) in [6.45, 7) is 4.18. The minimum absolute atomic E-state index is 0.569. The highest BCUT2D eigenvalue weighted by Gasteiger charge is 2.42. The maximum atomic E-state index is 5.49. The first-order valence-electron chi connectivity index (χ1n) is 9.88. The van der Waals surface area contributed by atoms with Crippen LogP contribution in [0.3, 0.4) is 0 Å². The van der Waals surface area contributed by atoms with Gasteiger partial charge in [-0.25, -0.2) is 0 Å². The Morgan fingerprint density at radius 3 is 2.04 bits per heavy atom. The smallest absolute Gasteiger partial charge is 0.0469 e. The number of fused-ring (bicyclic) bond motifs is 1. The SMILES string of the molecule is c1ccc2c(c1)C1CC(CNCC3CCOCC3)C2c2ccccc21. The molecule has 6 rings (SSSR count). The second-order valence-corrected chi connectivity index (χ2v) is 8.00. The van der Waals surface area contributed by atoms with E-state index in [1.165, 1.54) is 19.3 Å². The summed E-state index contributed by atoms with van der Waals surface area (Å²) in [5.41, 5.74) is 6.31. The highest BCUT2D eigenvalue weighted by Crippen LogP contribution is 2.55. The van der Waals surface area contributed by atoms with E-state index in [0.29, 0.717) is 11.8 Å². The fourth-order valence-electron chi connectivity index (χ4n) is 5.38. The van der Waals surface area contributed by atoms with Crippen LogP contribution >= 0.6 is 0 Å². The Hall–Kier alpha value is -1.64. The van der Waals surface area contributed by atoms with E-state index in [1.807, 2.05) is 0 Å². The fraction of sp³-hybridized carbons (Fsp3) is 0.478. The van der Waals surface area contributed by atoms with Gasteiger partial charge in [0.05, 0.1) is 0 Å². The molecule has 3 aliphatic carbocycles. The lowest BCUT2D eigenvalue weighted by atomic mass is 9.59. The molecule has 2 aromatic rings. The van der Waals surface area contributed by atoms with Gasteiger partial charge in [0.1, 0.15) is 0 Å². The summed E-state index contributed by atoms with van der Waals surface area (Å²) in [4.78, 5) is 0. The number of rotatable bonds is 4. The topological polar surface area (TPSA) is 21.3 Å². The molecule has 4 aliphatic rings. The molecule has 1 heterocycles. The van der Waals surface area contributed by atoms with Crippen molar-refractivity contribution in [2.75, 3.05) is 26.3 Å². The van der Waals surface area contributed by atoms with Crippen molar-refractivity contribution in [3.05, 3.63) is 70.8 Å². The quantitative estimate of drug-likeness (QED) is 0.901. The summed E-state index contributed by atoms with van der Waals surface area (Å²) in [6.07, 6.45) is 3.73. The molecule has 1 saturated heterocycles. The van der Waals surface area contributed by atoms with Crippen LogP contribution in [0.2, 0.25) is 0 Å². The zero-order chi connectivity index (χ0) is 16.6. The molecule has 1 N–H and O–H groups in total. The predicted molar refractivity (Wildman–Crippen MR) is 101 cm³/mol. The predicted octanol–water partition coefficient (Wildman–Crippen LogP) is 4.30. The summed E-state index contributed by atoms with van der Waals surface area (Å²) in [5, 5.41) is 3.82. The lowest BCUT2D eigenvalue weighted by Gasteiger charge is -2.45. The summed E-state index contributed by atoms with van der Waals surface area (Å²) >= 11 is 0. The lowest BCUT2D eigenvalue weighted by Crippen LogP contribution is -2.39. The molecule has 0 saturated carbocycles. The molecule has 1 atom stereocenters. The minimum atomic E-state index is 0.569. The van der Waals surface area contributed by atoms with Gasteiger partial charge in [0.25, 0.3) is 0 Å². The molecule has 2 aromatic carbocycles. The van der Waals surface area contributed by atoms with Gasteiger partial charge in [0.15, 0.2) is 0 Å². The van der Waals surface area contributed by atoms with Crippen LogP contribution in [0, 0.1) is 11.8 Å². The van der Waals surface area contributed by atoms with Crippen LogP contribution in [-0.4, -0.2) is 26.3 Å². The van der Waals surface area contributed by atoms with Crippen molar-refractivity contribution >= 4 is 0 Å². The normalized spacial score (nSPS) is 27.8. The van der Waals surface area contributed by atoms with Crippen LogP contribution in [0.4, 0.5) is 0 Å². The lowest BCUT2D eigenvalue weighted by molar-refractivity contribution is 0.0659. The molecule has 0 amide bonds. The molecule has 2 nitrogen and oxygen atoms in total. The van der Waals surface area contributed by atoms with E-state index in [1.54, 1.807) is 22.3 Å². The number of hydrogen-bond donors (Lipinski definition) is 1. The van der Waals surface area contributed by atoms with Gasteiger partial charge in [-0.15, -0.1) is 0 Å². The van der Waals surface area contributed by atoms with Gasteiger partial charge in [-0.2, -0.15) is 0 Å². The molecular weight excluding hydrogens is 306 g/mol. The molecule has 2 heteroatoms. The zero-order valence-corrected chi connectivity index (χ0v) is 14.8.